The fourth-order valence-corrected chi connectivity index (χ4v) is 2.17. The van der Waals surface area contributed by atoms with Crippen molar-refractivity contribution >= 4 is 15.5 Å². The topological polar surface area (TPSA) is 98.9 Å². The second-order valence-electron chi connectivity index (χ2n) is 3.91. The third-order valence-corrected chi connectivity index (χ3v) is 3.91. The summed E-state index contributed by atoms with van der Waals surface area (Å²) >= 11 is 0. The van der Waals surface area contributed by atoms with Gasteiger partial charge in [-0.15, -0.1) is 0 Å². The summed E-state index contributed by atoms with van der Waals surface area (Å²) in [7, 11) is -3.21. The van der Waals surface area contributed by atoms with Gasteiger partial charge in [0, 0.05) is 5.69 Å². The molecule has 0 bridgehead atoms. The smallest absolute Gasteiger partial charge is 0.154 e. The van der Waals surface area contributed by atoms with Gasteiger partial charge in [-0.1, -0.05) is 0 Å². The fraction of sp³-hybridized carbons (Fsp3) is 0.500. The summed E-state index contributed by atoms with van der Waals surface area (Å²) in [5.41, 5.74) is 6.20. The van der Waals surface area contributed by atoms with Gasteiger partial charge < -0.3 is 20.3 Å². The van der Waals surface area contributed by atoms with Crippen LogP contribution in [0.25, 0.3) is 0 Å². The molecule has 0 aliphatic carbocycles. The zero-order chi connectivity index (χ0) is 14.1. The molecular weight excluding hydrogens is 270 g/mol. The third-order valence-electron chi connectivity index (χ3n) is 2.32. The van der Waals surface area contributed by atoms with Crippen molar-refractivity contribution in [1.82, 2.24) is 0 Å². The van der Waals surface area contributed by atoms with Gasteiger partial charge in [-0.2, -0.15) is 0 Å². The highest BCUT2D eigenvalue weighted by atomic mass is 32.2. The van der Waals surface area contributed by atoms with E-state index in [0.717, 1.165) is 0 Å². The molecule has 6 nitrogen and oxygen atoms in total. The lowest BCUT2D eigenvalue weighted by Crippen LogP contribution is -2.19. The van der Waals surface area contributed by atoms with E-state index in [2.05, 4.69) is 0 Å². The minimum absolute atomic E-state index is 0.0879. The van der Waals surface area contributed by atoms with E-state index in [-0.39, 0.29) is 24.7 Å². The van der Waals surface area contributed by atoms with Crippen molar-refractivity contribution in [3.05, 3.63) is 24.3 Å². The van der Waals surface area contributed by atoms with Crippen LogP contribution in [0.4, 0.5) is 5.69 Å². The van der Waals surface area contributed by atoms with Crippen molar-refractivity contribution in [2.24, 2.45) is 0 Å². The fourth-order valence-electron chi connectivity index (χ4n) is 1.31. The number of ether oxygens (including phenoxy) is 2. The van der Waals surface area contributed by atoms with Crippen LogP contribution in [0.3, 0.4) is 0 Å². The molecule has 19 heavy (non-hydrogen) atoms. The number of hydrogen-bond donors (Lipinski definition) is 2. The number of nitrogens with two attached hydrogens (primary N) is 1. The normalized spacial score (nSPS) is 11.4. The molecule has 1 aromatic rings. The summed E-state index contributed by atoms with van der Waals surface area (Å²) in [6.45, 7) is 0.388. The Morgan fingerprint density at radius 1 is 1.05 bits per heavy atom. The molecular formula is C12H19NO5S. The number of hydrogen-bond acceptors (Lipinski definition) is 6. The molecule has 7 heteroatoms. The average Bonchev–Trinajstić information content (AvgIpc) is 2.35. The van der Waals surface area contributed by atoms with Gasteiger partial charge in [0.05, 0.1) is 31.3 Å². The van der Waals surface area contributed by atoms with Gasteiger partial charge in [0.25, 0.3) is 0 Å². The van der Waals surface area contributed by atoms with Gasteiger partial charge in [0.1, 0.15) is 12.4 Å². The van der Waals surface area contributed by atoms with E-state index >= 15 is 0 Å². The number of rotatable bonds is 9. The first-order valence-electron chi connectivity index (χ1n) is 5.91. The Kier molecular flexibility index (Phi) is 6.61. The van der Waals surface area contributed by atoms with Crippen LogP contribution in [-0.2, 0) is 14.6 Å². The molecule has 0 amide bonds. The average molecular weight is 289 g/mol. The molecule has 0 aliphatic heterocycles. The molecule has 0 spiro atoms. The Balaban J connectivity index is 2.10. The van der Waals surface area contributed by atoms with E-state index in [1.807, 2.05) is 0 Å². The number of aliphatic hydroxyl groups is 1. The standard InChI is InChI=1S/C12H19NO5S/c13-11-1-3-12(4-2-11)18-7-6-17-8-10-19(15,16)9-5-14/h1-4,14H,5-10,13H2. The first-order chi connectivity index (χ1) is 9.03. The Morgan fingerprint density at radius 2 is 1.74 bits per heavy atom. The maximum atomic E-state index is 11.2. The highest BCUT2D eigenvalue weighted by Gasteiger charge is 2.09. The molecule has 0 atom stereocenters. The predicted molar refractivity (Wildman–Crippen MR) is 72.9 cm³/mol. The van der Waals surface area contributed by atoms with Crippen LogP contribution in [0, 0.1) is 0 Å². The van der Waals surface area contributed by atoms with Crippen LogP contribution >= 0.6 is 0 Å². The summed E-state index contributed by atoms with van der Waals surface area (Å²) in [6.07, 6.45) is 0. The largest absolute Gasteiger partial charge is 0.491 e. The number of sulfone groups is 1. The Morgan fingerprint density at radius 3 is 2.37 bits per heavy atom. The van der Waals surface area contributed by atoms with Crippen molar-refractivity contribution < 1.29 is 23.0 Å². The lowest BCUT2D eigenvalue weighted by molar-refractivity contribution is 0.111. The number of anilines is 1. The van der Waals surface area contributed by atoms with Gasteiger partial charge in [-0.25, -0.2) is 8.42 Å². The van der Waals surface area contributed by atoms with Gasteiger partial charge in [0.2, 0.25) is 0 Å². The van der Waals surface area contributed by atoms with E-state index in [0.29, 0.717) is 24.7 Å². The van der Waals surface area contributed by atoms with Crippen molar-refractivity contribution in [1.29, 1.82) is 0 Å². The van der Waals surface area contributed by atoms with Crippen LogP contribution in [0.1, 0.15) is 0 Å². The molecule has 0 fully saturated rings. The molecule has 0 aromatic heterocycles. The van der Waals surface area contributed by atoms with Gasteiger partial charge in [-0.05, 0) is 24.3 Å². The summed E-state index contributed by atoms with van der Waals surface area (Å²) < 4.78 is 33.0. The molecule has 3 N–H and O–H groups in total. The minimum atomic E-state index is -3.21. The van der Waals surface area contributed by atoms with Crippen LogP contribution in [0.15, 0.2) is 24.3 Å². The van der Waals surface area contributed by atoms with E-state index in [9.17, 15) is 8.42 Å². The molecule has 108 valence electrons. The molecule has 0 saturated heterocycles. The first-order valence-corrected chi connectivity index (χ1v) is 7.73. The Bertz CT molecular complexity index is 458. The molecule has 0 aliphatic rings. The molecule has 1 rings (SSSR count). The number of nitrogen functional groups attached to an aromatic ring is 1. The molecule has 0 radical (unpaired) electrons. The lowest BCUT2D eigenvalue weighted by Gasteiger charge is -2.07. The van der Waals surface area contributed by atoms with Crippen molar-refractivity contribution in [3.63, 3.8) is 0 Å². The maximum Gasteiger partial charge on any atom is 0.154 e. The quantitative estimate of drug-likeness (QED) is 0.493. The zero-order valence-electron chi connectivity index (χ0n) is 10.6. The second-order valence-corrected chi connectivity index (χ2v) is 6.21. The van der Waals surface area contributed by atoms with E-state index in [4.69, 9.17) is 20.3 Å². The lowest BCUT2D eigenvalue weighted by atomic mass is 10.3. The Labute approximate surface area is 113 Å². The van der Waals surface area contributed by atoms with Crippen molar-refractivity contribution in [3.8, 4) is 5.75 Å². The molecule has 0 unspecified atom stereocenters. The van der Waals surface area contributed by atoms with Crippen LogP contribution in [0.5, 0.6) is 5.75 Å². The van der Waals surface area contributed by atoms with Gasteiger partial charge in [-0.3, -0.25) is 0 Å². The maximum absolute atomic E-state index is 11.2. The zero-order valence-corrected chi connectivity index (χ0v) is 11.4. The van der Waals surface area contributed by atoms with Crippen molar-refractivity contribution in [2.45, 2.75) is 0 Å². The third kappa shape index (κ3) is 7.00. The number of aliphatic hydroxyl groups excluding tert-OH is 1. The van der Waals surface area contributed by atoms with Crippen LogP contribution < -0.4 is 10.5 Å². The summed E-state index contributed by atoms with van der Waals surface area (Å²) in [5, 5.41) is 8.54. The minimum Gasteiger partial charge on any atom is -0.491 e. The number of benzene rings is 1. The summed E-state index contributed by atoms with van der Waals surface area (Å²) in [6, 6.07) is 6.97. The Hall–Kier alpha value is -1.31. The first kappa shape index (κ1) is 15.7. The molecule has 1 aromatic carbocycles. The van der Waals surface area contributed by atoms with E-state index in [1.165, 1.54) is 0 Å². The predicted octanol–water partition coefficient (Wildman–Crippen LogP) is 0.0713. The van der Waals surface area contributed by atoms with Gasteiger partial charge >= 0.3 is 0 Å². The summed E-state index contributed by atoms with van der Waals surface area (Å²) in [5.74, 6) is 0.374. The highest BCUT2D eigenvalue weighted by Crippen LogP contribution is 2.12. The monoisotopic (exact) mass is 289 g/mol. The van der Waals surface area contributed by atoms with E-state index in [1.54, 1.807) is 24.3 Å². The van der Waals surface area contributed by atoms with Crippen LogP contribution in [0.2, 0.25) is 0 Å². The summed E-state index contributed by atoms with van der Waals surface area (Å²) in [4.78, 5) is 0. The van der Waals surface area contributed by atoms with Gasteiger partial charge in [0.15, 0.2) is 9.84 Å². The van der Waals surface area contributed by atoms with Crippen LogP contribution in [-0.4, -0.2) is 51.5 Å². The van der Waals surface area contributed by atoms with Crippen molar-refractivity contribution in [2.75, 3.05) is 43.7 Å². The SMILES string of the molecule is Nc1ccc(OCCOCCS(=O)(=O)CCO)cc1. The highest BCUT2D eigenvalue weighted by molar-refractivity contribution is 7.91. The molecule has 0 heterocycles. The molecule has 0 saturated carbocycles. The van der Waals surface area contributed by atoms with E-state index < -0.39 is 9.84 Å². The second kappa shape index (κ2) is 7.98.